The van der Waals surface area contributed by atoms with E-state index in [1.54, 1.807) is 48.5 Å². The summed E-state index contributed by atoms with van der Waals surface area (Å²) in [6.45, 7) is 5.72. The molecule has 2 N–H and O–H groups in total. The maximum Gasteiger partial charge on any atom is 0.329 e. The summed E-state index contributed by atoms with van der Waals surface area (Å²) in [4.78, 5) is 32.4. The second-order valence-electron chi connectivity index (χ2n) is 10.5. The van der Waals surface area contributed by atoms with Crippen molar-refractivity contribution in [3.05, 3.63) is 58.4 Å². The third-order valence-electron chi connectivity index (χ3n) is 7.93. The van der Waals surface area contributed by atoms with E-state index < -0.39 is 23.7 Å². The van der Waals surface area contributed by atoms with E-state index >= 15 is 8.78 Å². The SMILES string of the molecule is CC.CC(CC(=O)O)c1ccc(-c2c(-c3cn(C)nc3F)[nH]c3ncc4c(c23)n(C2CCCC2)c(=O)n4C)c(F)c1. The zero-order chi connectivity index (χ0) is 29.6. The van der Waals surface area contributed by atoms with Crippen LogP contribution in [0.4, 0.5) is 8.78 Å². The number of carboxylic acids is 1. The van der Waals surface area contributed by atoms with Crippen molar-refractivity contribution in [3.8, 4) is 22.4 Å². The van der Waals surface area contributed by atoms with Gasteiger partial charge in [0, 0.05) is 37.5 Å². The fourth-order valence-corrected chi connectivity index (χ4v) is 6.00. The van der Waals surface area contributed by atoms with Gasteiger partial charge in [0.25, 0.3) is 0 Å². The van der Waals surface area contributed by atoms with Crippen LogP contribution in [0.15, 0.2) is 35.4 Å². The number of halogens is 2. The molecule has 4 heterocycles. The molecule has 1 unspecified atom stereocenters. The molecule has 41 heavy (non-hydrogen) atoms. The zero-order valence-corrected chi connectivity index (χ0v) is 23.8. The number of hydrogen-bond acceptors (Lipinski definition) is 4. The molecule has 0 amide bonds. The Kier molecular flexibility index (Phi) is 7.54. The second kappa shape index (κ2) is 10.9. The maximum absolute atomic E-state index is 16.0. The molecule has 0 bridgehead atoms. The number of aliphatic carboxylic acids is 1. The number of hydrogen-bond donors (Lipinski definition) is 2. The Morgan fingerprint density at radius 2 is 1.88 bits per heavy atom. The number of aromatic amines is 1. The van der Waals surface area contributed by atoms with Crippen LogP contribution in [0, 0.1) is 11.8 Å². The summed E-state index contributed by atoms with van der Waals surface area (Å²) in [6, 6.07) is 4.60. The Bertz CT molecular complexity index is 1820. The summed E-state index contributed by atoms with van der Waals surface area (Å²) in [5.74, 6) is -2.69. The standard InChI is InChI=1S/C28H28F2N6O3.C2H6/c1-14(10-21(37)38)15-8-9-17(19(29)11-15)22-23-25-20(35(3)28(39)36(25)16-6-4-5-7-16)12-31-27(23)32-24(22)18-13-34(2)33-26(18)30;1-2/h8-9,11-14,16H,4-7,10H2,1-3H3,(H,31,32)(H,37,38);1-2H3. The molecule has 6 rings (SSSR count). The number of fused-ring (bicyclic) bond motifs is 3. The lowest BCUT2D eigenvalue weighted by Gasteiger charge is -2.14. The van der Waals surface area contributed by atoms with E-state index in [2.05, 4.69) is 15.1 Å². The summed E-state index contributed by atoms with van der Waals surface area (Å²) in [7, 11) is 3.29. The van der Waals surface area contributed by atoms with E-state index in [0.717, 1.165) is 25.7 Å². The highest BCUT2D eigenvalue weighted by Crippen LogP contribution is 2.44. The molecule has 0 saturated heterocycles. The van der Waals surface area contributed by atoms with Gasteiger partial charge in [-0.2, -0.15) is 4.39 Å². The van der Waals surface area contributed by atoms with Crippen molar-refractivity contribution < 1.29 is 18.7 Å². The summed E-state index contributed by atoms with van der Waals surface area (Å²) in [5.41, 5.74) is 3.01. The number of rotatable bonds is 6. The van der Waals surface area contributed by atoms with Crippen LogP contribution in [0.3, 0.4) is 0 Å². The summed E-state index contributed by atoms with van der Waals surface area (Å²) in [5, 5.41) is 13.6. The van der Waals surface area contributed by atoms with Gasteiger partial charge in [-0.15, -0.1) is 5.10 Å². The average Bonchev–Trinajstić information content (AvgIpc) is 3.71. The minimum Gasteiger partial charge on any atom is -0.481 e. The molecule has 4 aromatic heterocycles. The van der Waals surface area contributed by atoms with E-state index in [1.165, 1.54) is 16.9 Å². The Morgan fingerprint density at radius 1 is 1.17 bits per heavy atom. The van der Waals surface area contributed by atoms with Crippen LogP contribution in [0.5, 0.6) is 0 Å². The van der Waals surface area contributed by atoms with Gasteiger partial charge in [-0.25, -0.2) is 14.2 Å². The first-order valence-corrected chi connectivity index (χ1v) is 14.0. The summed E-state index contributed by atoms with van der Waals surface area (Å²) < 4.78 is 35.7. The van der Waals surface area contributed by atoms with Crippen molar-refractivity contribution in [2.45, 2.75) is 64.8 Å². The number of pyridine rings is 1. The summed E-state index contributed by atoms with van der Waals surface area (Å²) >= 11 is 0. The van der Waals surface area contributed by atoms with Crippen molar-refractivity contribution >= 4 is 28.0 Å². The number of carbonyl (C=O) groups is 1. The third-order valence-corrected chi connectivity index (χ3v) is 7.93. The smallest absolute Gasteiger partial charge is 0.329 e. The van der Waals surface area contributed by atoms with Gasteiger partial charge >= 0.3 is 11.7 Å². The fourth-order valence-electron chi connectivity index (χ4n) is 6.00. The normalized spacial score (nSPS) is 14.5. The number of benzene rings is 1. The molecule has 9 nitrogen and oxygen atoms in total. The molecule has 1 aliphatic rings. The number of carboxylic acid groups (broad SMARTS) is 1. The lowest BCUT2D eigenvalue weighted by atomic mass is 9.93. The van der Waals surface area contributed by atoms with Crippen LogP contribution in [0.2, 0.25) is 0 Å². The molecule has 0 aliphatic heterocycles. The van der Waals surface area contributed by atoms with Crippen LogP contribution < -0.4 is 5.69 Å². The van der Waals surface area contributed by atoms with Crippen LogP contribution in [-0.4, -0.2) is 40.0 Å². The Hall–Kier alpha value is -4.28. The molecular weight excluding hydrogens is 530 g/mol. The monoisotopic (exact) mass is 564 g/mol. The van der Waals surface area contributed by atoms with Crippen molar-refractivity contribution in [2.75, 3.05) is 0 Å². The van der Waals surface area contributed by atoms with Crippen LogP contribution in [-0.2, 0) is 18.9 Å². The van der Waals surface area contributed by atoms with Gasteiger partial charge in [-0.1, -0.05) is 45.7 Å². The van der Waals surface area contributed by atoms with Gasteiger partial charge < -0.3 is 10.1 Å². The molecule has 11 heteroatoms. The van der Waals surface area contributed by atoms with Gasteiger partial charge in [0.1, 0.15) is 11.5 Å². The minimum atomic E-state index is -0.972. The third kappa shape index (κ3) is 4.72. The van der Waals surface area contributed by atoms with Crippen LogP contribution in [0.1, 0.15) is 70.4 Å². The average molecular weight is 565 g/mol. The number of aryl methyl sites for hydroxylation is 2. The Labute approximate surface area is 235 Å². The molecule has 1 aliphatic carbocycles. The van der Waals surface area contributed by atoms with Gasteiger partial charge in [-0.3, -0.25) is 18.6 Å². The van der Waals surface area contributed by atoms with E-state index in [4.69, 9.17) is 0 Å². The second-order valence-corrected chi connectivity index (χ2v) is 10.5. The first-order valence-electron chi connectivity index (χ1n) is 14.0. The van der Waals surface area contributed by atoms with Crippen molar-refractivity contribution in [3.63, 3.8) is 0 Å². The van der Waals surface area contributed by atoms with Gasteiger partial charge in [0.2, 0.25) is 5.95 Å². The maximum atomic E-state index is 16.0. The predicted molar refractivity (Wildman–Crippen MR) is 154 cm³/mol. The molecule has 0 radical (unpaired) electrons. The topological polar surface area (TPSA) is 111 Å². The molecule has 0 spiro atoms. The largest absolute Gasteiger partial charge is 0.481 e. The first kappa shape index (κ1) is 28.3. The highest BCUT2D eigenvalue weighted by atomic mass is 19.1. The molecule has 5 aromatic rings. The van der Waals surface area contributed by atoms with E-state index in [0.29, 0.717) is 38.9 Å². The molecule has 1 atom stereocenters. The lowest BCUT2D eigenvalue weighted by molar-refractivity contribution is -0.137. The number of H-pyrrole nitrogens is 1. The number of nitrogens with one attached hydrogen (secondary N) is 1. The van der Waals surface area contributed by atoms with Crippen LogP contribution >= 0.6 is 0 Å². The minimum absolute atomic E-state index is 0.00257. The summed E-state index contributed by atoms with van der Waals surface area (Å²) in [6.07, 6.45) is 6.73. The van der Waals surface area contributed by atoms with Crippen molar-refractivity contribution in [1.29, 1.82) is 0 Å². The van der Waals surface area contributed by atoms with Gasteiger partial charge in [-0.05, 0) is 30.4 Å². The van der Waals surface area contributed by atoms with E-state index in [-0.39, 0.29) is 29.3 Å². The lowest BCUT2D eigenvalue weighted by Crippen LogP contribution is -2.24. The number of nitrogens with zero attached hydrogens (tertiary/aromatic N) is 5. The number of imidazole rings is 1. The van der Waals surface area contributed by atoms with E-state index in [1.807, 2.05) is 13.8 Å². The predicted octanol–water partition coefficient (Wildman–Crippen LogP) is 6.28. The zero-order valence-electron chi connectivity index (χ0n) is 23.8. The molecular formula is C30H34F2N6O3. The number of aromatic nitrogens is 6. The van der Waals surface area contributed by atoms with Crippen molar-refractivity contribution in [2.24, 2.45) is 14.1 Å². The molecule has 1 saturated carbocycles. The highest BCUT2D eigenvalue weighted by molar-refractivity contribution is 6.14. The Balaban J connectivity index is 0.00000165. The molecule has 1 fully saturated rings. The van der Waals surface area contributed by atoms with Gasteiger partial charge in [0.05, 0.1) is 40.3 Å². The first-order chi connectivity index (χ1) is 19.7. The quantitative estimate of drug-likeness (QED) is 0.252. The molecule has 216 valence electrons. The highest BCUT2D eigenvalue weighted by Gasteiger charge is 2.29. The fraction of sp³-hybridized carbons (Fsp3) is 0.400. The van der Waals surface area contributed by atoms with Crippen molar-refractivity contribution in [1.82, 2.24) is 28.9 Å². The Morgan fingerprint density at radius 3 is 2.49 bits per heavy atom. The van der Waals surface area contributed by atoms with Crippen LogP contribution in [0.25, 0.3) is 44.5 Å². The van der Waals surface area contributed by atoms with Gasteiger partial charge in [0.15, 0.2) is 0 Å². The molecule has 1 aromatic carbocycles. The van der Waals surface area contributed by atoms with E-state index in [9.17, 15) is 14.7 Å².